The van der Waals surface area contributed by atoms with Crippen LogP contribution in [0.4, 0.5) is 23.7 Å². The van der Waals surface area contributed by atoms with Gasteiger partial charge >= 0.3 is 18.2 Å². The van der Waals surface area contributed by atoms with Gasteiger partial charge < -0.3 is 15.3 Å². The number of nitrogens with one attached hydrogen (secondary N) is 1. The number of aryl methyl sites for hydroxylation is 1. The molecule has 1 saturated heterocycles. The third-order valence-electron chi connectivity index (χ3n) is 4.50. The number of carbonyl (C=O) groups is 2. The van der Waals surface area contributed by atoms with Crippen LogP contribution in [0.25, 0.3) is 0 Å². The predicted octanol–water partition coefficient (Wildman–Crippen LogP) is 3.85. The van der Waals surface area contributed by atoms with Gasteiger partial charge in [0.15, 0.2) is 0 Å². The summed E-state index contributed by atoms with van der Waals surface area (Å²) in [4.78, 5) is 24.5. The molecule has 1 aliphatic rings. The number of nitrogens with zero attached hydrogens (tertiary/aromatic N) is 1. The molecule has 0 aliphatic carbocycles. The van der Waals surface area contributed by atoms with Crippen molar-refractivity contribution >= 4 is 17.7 Å². The molecule has 1 aromatic carbocycles. The van der Waals surface area contributed by atoms with Crippen LogP contribution in [0.2, 0.25) is 0 Å². The van der Waals surface area contributed by atoms with E-state index in [-0.39, 0.29) is 5.92 Å². The molecule has 2 rings (SSSR count). The van der Waals surface area contributed by atoms with Crippen molar-refractivity contribution in [3.63, 3.8) is 0 Å². The van der Waals surface area contributed by atoms with E-state index in [4.69, 9.17) is 5.11 Å². The van der Waals surface area contributed by atoms with Gasteiger partial charge in [0.25, 0.3) is 0 Å². The molecule has 2 N–H and O–H groups in total. The summed E-state index contributed by atoms with van der Waals surface area (Å²) in [6.07, 6.45) is -4.66. The van der Waals surface area contributed by atoms with Gasteiger partial charge in [0.1, 0.15) is 0 Å². The van der Waals surface area contributed by atoms with E-state index >= 15 is 0 Å². The van der Waals surface area contributed by atoms with Crippen LogP contribution in [0.15, 0.2) is 18.2 Å². The Hall–Kier alpha value is -2.25. The smallest absolute Gasteiger partial charge is 0.394 e. The summed E-state index contributed by atoms with van der Waals surface area (Å²) >= 11 is 0. The number of likely N-dealkylation sites (tertiary alicyclic amines) is 1. The van der Waals surface area contributed by atoms with Crippen LogP contribution in [-0.2, 0) is 4.79 Å². The predicted molar refractivity (Wildman–Crippen MR) is 86.5 cm³/mol. The Balaban J connectivity index is 2.22. The number of para-hydroxylation sites is 1. The number of aliphatic carboxylic acids is 1. The minimum atomic E-state index is -4.66. The molecule has 0 aromatic heterocycles. The van der Waals surface area contributed by atoms with E-state index < -0.39 is 43.1 Å². The third-order valence-corrected chi connectivity index (χ3v) is 4.50. The second-order valence-corrected chi connectivity index (χ2v) is 6.62. The highest BCUT2D eigenvalue weighted by molar-refractivity contribution is 5.92. The van der Waals surface area contributed by atoms with E-state index in [0.29, 0.717) is 5.69 Å². The summed E-state index contributed by atoms with van der Waals surface area (Å²) < 4.78 is 39.1. The number of hydrogen-bond acceptors (Lipinski definition) is 2. The third kappa shape index (κ3) is 4.05. The van der Waals surface area contributed by atoms with E-state index in [9.17, 15) is 22.8 Å². The lowest BCUT2D eigenvalue weighted by molar-refractivity contribution is -0.187. The fraction of sp³-hybridized carbons (Fsp3) is 0.529. The van der Waals surface area contributed by atoms with E-state index in [1.54, 1.807) is 13.0 Å². The van der Waals surface area contributed by atoms with Gasteiger partial charge in [0.2, 0.25) is 0 Å². The van der Waals surface area contributed by atoms with Gasteiger partial charge in [-0.05, 0) is 24.0 Å². The summed E-state index contributed by atoms with van der Waals surface area (Å²) in [5, 5.41) is 11.7. The highest BCUT2D eigenvalue weighted by Gasteiger charge is 2.53. The lowest BCUT2D eigenvalue weighted by atomic mass is 9.96. The number of carboxylic acid groups (broad SMARTS) is 1. The van der Waals surface area contributed by atoms with Crippen molar-refractivity contribution in [3.8, 4) is 0 Å². The van der Waals surface area contributed by atoms with Gasteiger partial charge in [0.05, 0.1) is 11.8 Å². The molecule has 8 heteroatoms. The molecule has 0 radical (unpaired) electrons. The molecule has 0 saturated carbocycles. The lowest BCUT2D eigenvalue weighted by Gasteiger charge is -2.21. The molecule has 1 aliphatic heterocycles. The number of anilines is 1. The second-order valence-electron chi connectivity index (χ2n) is 6.62. The maximum atomic E-state index is 13.0. The minimum Gasteiger partial charge on any atom is -0.481 e. The average Bonchev–Trinajstić information content (AvgIpc) is 2.94. The van der Waals surface area contributed by atoms with Gasteiger partial charge in [-0.1, -0.05) is 32.0 Å². The molecule has 25 heavy (non-hydrogen) atoms. The zero-order valence-corrected chi connectivity index (χ0v) is 14.2. The topological polar surface area (TPSA) is 69.6 Å². The Morgan fingerprint density at radius 1 is 1.28 bits per heavy atom. The Morgan fingerprint density at radius 3 is 2.40 bits per heavy atom. The van der Waals surface area contributed by atoms with Crippen LogP contribution in [0.3, 0.4) is 0 Å². The summed E-state index contributed by atoms with van der Waals surface area (Å²) in [6, 6.07) is 4.77. The number of benzene rings is 1. The first-order valence-corrected chi connectivity index (χ1v) is 7.97. The van der Waals surface area contributed by atoms with Crippen molar-refractivity contribution in [2.24, 2.45) is 11.8 Å². The van der Waals surface area contributed by atoms with Crippen molar-refractivity contribution in [1.82, 2.24) is 4.90 Å². The Labute approximate surface area is 143 Å². The highest BCUT2D eigenvalue weighted by atomic mass is 19.4. The first-order valence-electron chi connectivity index (χ1n) is 7.97. The molecule has 138 valence electrons. The molecule has 1 aromatic rings. The fourth-order valence-corrected chi connectivity index (χ4v) is 3.08. The number of halogens is 3. The van der Waals surface area contributed by atoms with Crippen molar-refractivity contribution in [2.75, 3.05) is 18.4 Å². The molecule has 5 nitrogen and oxygen atoms in total. The Morgan fingerprint density at radius 2 is 1.92 bits per heavy atom. The Bertz CT molecular complexity index is 674. The minimum absolute atomic E-state index is 0.114. The second kappa shape index (κ2) is 6.93. The Kier molecular flexibility index (Phi) is 5.29. The van der Waals surface area contributed by atoms with E-state index in [2.05, 4.69) is 5.32 Å². The maximum absolute atomic E-state index is 13.0. The summed E-state index contributed by atoms with van der Waals surface area (Å²) in [5.74, 6) is -5.13. The van der Waals surface area contributed by atoms with Crippen LogP contribution < -0.4 is 5.32 Å². The number of urea groups is 1. The first-order chi connectivity index (χ1) is 11.5. The van der Waals surface area contributed by atoms with Gasteiger partial charge in [-0.2, -0.15) is 13.2 Å². The standard InChI is InChI=1S/C17H21F3N2O3/c1-9(2)11-6-4-5-10(3)14(11)21-16(25)22-7-12(15(23)24)13(8-22)17(18,19)20/h4-6,9,12-13H,7-8H2,1-3H3,(H,21,25)(H,23,24)/t12-,13-/m1/s1. The van der Waals surface area contributed by atoms with E-state index in [1.165, 1.54) is 0 Å². The molecule has 0 bridgehead atoms. The van der Waals surface area contributed by atoms with Crippen molar-refractivity contribution in [3.05, 3.63) is 29.3 Å². The monoisotopic (exact) mass is 358 g/mol. The van der Waals surface area contributed by atoms with E-state index in [1.807, 2.05) is 26.0 Å². The summed E-state index contributed by atoms with van der Waals surface area (Å²) in [5.41, 5.74) is 2.22. The van der Waals surface area contributed by atoms with Crippen molar-refractivity contribution < 1.29 is 27.9 Å². The summed E-state index contributed by atoms with van der Waals surface area (Å²) in [6.45, 7) is 4.56. The van der Waals surface area contributed by atoms with Crippen LogP contribution in [0, 0.1) is 18.8 Å². The summed E-state index contributed by atoms with van der Waals surface area (Å²) in [7, 11) is 0. The van der Waals surface area contributed by atoms with Gasteiger partial charge in [-0.25, -0.2) is 4.79 Å². The van der Waals surface area contributed by atoms with E-state index in [0.717, 1.165) is 16.0 Å². The number of hydrogen-bond donors (Lipinski definition) is 2. The van der Waals surface area contributed by atoms with Gasteiger partial charge in [-0.15, -0.1) is 0 Å². The molecule has 2 amide bonds. The molecule has 0 unspecified atom stereocenters. The molecular formula is C17H21F3N2O3. The highest BCUT2D eigenvalue weighted by Crippen LogP contribution is 2.38. The number of carbonyl (C=O) groups excluding carboxylic acids is 1. The lowest BCUT2D eigenvalue weighted by Crippen LogP contribution is -2.35. The zero-order chi connectivity index (χ0) is 18.9. The molecule has 0 spiro atoms. The first kappa shape index (κ1) is 19.1. The molecule has 1 fully saturated rings. The number of rotatable bonds is 3. The number of carboxylic acids is 1. The molecular weight excluding hydrogens is 337 g/mol. The number of alkyl halides is 3. The molecule has 2 atom stereocenters. The van der Waals surface area contributed by atoms with Crippen molar-refractivity contribution in [2.45, 2.75) is 32.9 Å². The normalized spacial score (nSPS) is 20.8. The average molecular weight is 358 g/mol. The van der Waals surface area contributed by atoms with Crippen LogP contribution in [0.5, 0.6) is 0 Å². The van der Waals surface area contributed by atoms with Gasteiger partial charge in [-0.3, -0.25) is 4.79 Å². The van der Waals surface area contributed by atoms with Crippen LogP contribution >= 0.6 is 0 Å². The fourth-order valence-electron chi connectivity index (χ4n) is 3.08. The SMILES string of the molecule is Cc1cccc(C(C)C)c1NC(=O)N1C[C@@H](C(F)(F)F)[C@H](C(=O)O)C1. The van der Waals surface area contributed by atoms with Crippen LogP contribution in [-0.4, -0.2) is 41.3 Å². The van der Waals surface area contributed by atoms with Crippen LogP contribution in [0.1, 0.15) is 30.9 Å². The molecule has 1 heterocycles. The quantitative estimate of drug-likeness (QED) is 0.862. The number of amides is 2. The van der Waals surface area contributed by atoms with Gasteiger partial charge in [0, 0.05) is 18.8 Å². The maximum Gasteiger partial charge on any atom is 0.394 e. The largest absolute Gasteiger partial charge is 0.481 e. The van der Waals surface area contributed by atoms with Crippen molar-refractivity contribution in [1.29, 1.82) is 0 Å². The zero-order valence-electron chi connectivity index (χ0n) is 14.2.